The molecule has 0 radical (unpaired) electrons. The molecule has 1 aliphatic carbocycles. The van der Waals surface area contributed by atoms with Crippen molar-refractivity contribution in [2.24, 2.45) is 0 Å². The molecule has 64 heavy (non-hydrogen) atoms. The summed E-state index contributed by atoms with van der Waals surface area (Å²) in [6.07, 6.45) is -18.7. The van der Waals surface area contributed by atoms with Gasteiger partial charge >= 0.3 is 5.97 Å². The van der Waals surface area contributed by atoms with Gasteiger partial charge in [-0.1, -0.05) is 0 Å². The fourth-order valence-corrected chi connectivity index (χ4v) is 10.1. The molecule has 7 rings (SSSR count). The van der Waals surface area contributed by atoms with E-state index in [4.69, 9.17) is 47.4 Å². The van der Waals surface area contributed by atoms with E-state index < -0.39 is 144 Å². The van der Waals surface area contributed by atoms with Crippen molar-refractivity contribution in [1.29, 1.82) is 0 Å². The van der Waals surface area contributed by atoms with E-state index in [1.54, 1.807) is 6.92 Å². The molecular weight excluding hydrogens is 856 g/mol. The Kier molecular flexibility index (Phi) is 12.5. The van der Waals surface area contributed by atoms with Crippen molar-refractivity contribution in [2.75, 3.05) is 27.9 Å². The van der Waals surface area contributed by atoms with Crippen molar-refractivity contribution >= 4 is 28.3 Å². The molecule has 2 aromatic carbocycles. The highest BCUT2D eigenvalue weighted by Crippen LogP contribution is 2.62. The molecule has 0 saturated carbocycles. The predicted octanol–water partition coefficient (Wildman–Crippen LogP) is -0.931. The van der Waals surface area contributed by atoms with Gasteiger partial charge in [0.25, 0.3) is 11.6 Å². The summed E-state index contributed by atoms with van der Waals surface area (Å²) < 4.78 is 58.9. The number of phenols is 1. The number of carbonyl (C=O) groups excluding carboxylic acids is 3. The smallest absolute Gasteiger partial charge is 0.303 e. The van der Waals surface area contributed by atoms with E-state index in [9.17, 15) is 60.3 Å². The number of hydrogen-bond donors (Lipinski definition) is 9. The molecule has 9 N–H and O–H groups in total. The van der Waals surface area contributed by atoms with Crippen LogP contribution in [-0.2, 0) is 47.5 Å². The molecule has 356 valence electrons. The van der Waals surface area contributed by atoms with Gasteiger partial charge in [-0.25, -0.2) is 0 Å². The van der Waals surface area contributed by atoms with Gasteiger partial charge in [0.05, 0.1) is 49.1 Å². The third kappa shape index (κ3) is 6.84. The van der Waals surface area contributed by atoms with E-state index in [1.165, 1.54) is 40.9 Å². The molecule has 15 atom stereocenters. The Hall–Kier alpha value is -3.69. The maximum atomic E-state index is 14.0. The van der Waals surface area contributed by atoms with Crippen LogP contribution in [0.1, 0.15) is 93.1 Å². The fourth-order valence-electron chi connectivity index (χ4n) is 10.1. The van der Waals surface area contributed by atoms with Crippen molar-refractivity contribution in [3.63, 3.8) is 0 Å². The molecule has 0 spiro atoms. The van der Waals surface area contributed by atoms with Crippen LogP contribution in [0, 0.1) is 6.92 Å². The average molecular weight is 913 g/mol. The Morgan fingerprint density at radius 1 is 0.969 bits per heavy atom. The number of phenolic OH excluding ortho intramolecular Hbond substituents is 1. The molecule has 5 aliphatic rings. The second-order valence-electron chi connectivity index (χ2n) is 17.4. The van der Waals surface area contributed by atoms with Crippen LogP contribution in [0.3, 0.4) is 0 Å². The number of carbonyl (C=O) groups is 3. The van der Waals surface area contributed by atoms with Gasteiger partial charge in [-0.15, -0.1) is 0 Å². The van der Waals surface area contributed by atoms with Gasteiger partial charge in [0.1, 0.15) is 35.1 Å². The summed E-state index contributed by atoms with van der Waals surface area (Å²) in [7, 11) is 3.38. The zero-order chi connectivity index (χ0) is 47.4. The molecule has 0 amide bonds. The first-order chi connectivity index (χ1) is 29.8. The van der Waals surface area contributed by atoms with Crippen LogP contribution >= 0.6 is 0 Å². The molecule has 3 saturated heterocycles. The molecule has 4 aliphatic heterocycles. The standard InChI is InChI=1S/C42H56O22/c1-15-10-20-27(31(49)29-28(33(20)55-7)22(11-21(46)30(29)48)61-25-13-38(6,51)35(16(2)58-25)60-19(5)45)34-26(15)32(50)36-42(63-34,39(52,14-43)41(54,64-36)37(56-8)57-9)62-24-12-23(47)40(53,17(3)44)18(4)59-24/h10,16,18,21-25,32,35-37,43,46-47,49-54H,11-14H2,1-9H3/t16?,18?,21?,22?,23?,24?,25?,32?,35?,36-,38?,39?,40?,41+,42?/m0/s1. The monoisotopic (exact) mass is 912 g/mol. The highest BCUT2D eigenvalue weighted by atomic mass is 16.8. The Balaban J connectivity index is 1.42. The number of aromatic hydroxyl groups is 1. The SMILES string of the molecule is COc1c2c(c(O)c3c4c(c(C)cc13)C(O)[C@@H]1O[C@](O)(C(OC)OC)C(O)(CO)C1(OC1CC(O)C(O)(C(C)=O)C(C)O1)O4)C(=O)C(O)CC2OC1CC(C)(O)C(OC(C)=O)C(C)O1. The van der Waals surface area contributed by atoms with Crippen LogP contribution in [0.25, 0.3) is 10.8 Å². The number of aliphatic hydroxyl groups excluding tert-OH is 4. The van der Waals surface area contributed by atoms with Crippen molar-refractivity contribution < 1.29 is 108 Å². The molecule has 22 nitrogen and oxygen atoms in total. The summed E-state index contributed by atoms with van der Waals surface area (Å²) >= 11 is 0. The second kappa shape index (κ2) is 16.6. The number of ether oxygens (including phenoxy) is 10. The van der Waals surface area contributed by atoms with E-state index in [1.807, 2.05) is 0 Å². The third-order valence-electron chi connectivity index (χ3n) is 13.3. The number of Topliss-reactive ketones (excluding diaryl/α,β-unsaturated/α-hetero) is 2. The number of benzene rings is 2. The molecule has 0 aromatic heterocycles. The average Bonchev–Trinajstić information content (AvgIpc) is 3.40. The Bertz CT molecular complexity index is 2180. The minimum Gasteiger partial charge on any atom is -0.506 e. The summed E-state index contributed by atoms with van der Waals surface area (Å²) in [5.74, 6) is -10.2. The summed E-state index contributed by atoms with van der Waals surface area (Å²) in [5, 5.41) is 105. The number of aliphatic hydroxyl groups is 8. The van der Waals surface area contributed by atoms with Crippen LogP contribution in [0.4, 0.5) is 0 Å². The van der Waals surface area contributed by atoms with Crippen molar-refractivity contribution in [3.8, 4) is 17.2 Å². The van der Waals surface area contributed by atoms with Gasteiger partial charge in [0.15, 0.2) is 42.0 Å². The molecule has 3 fully saturated rings. The second-order valence-corrected chi connectivity index (χ2v) is 17.4. The van der Waals surface area contributed by atoms with Crippen LogP contribution in [-0.4, -0.2) is 175 Å². The maximum absolute atomic E-state index is 14.0. The molecule has 22 heteroatoms. The van der Waals surface area contributed by atoms with Crippen molar-refractivity contribution in [2.45, 2.75) is 157 Å². The lowest BCUT2D eigenvalue weighted by molar-refractivity contribution is -0.401. The number of hydrogen-bond acceptors (Lipinski definition) is 22. The molecule has 13 unspecified atom stereocenters. The van der Waals surface area contributed by atoms with Gasteiger partial charge < -0.3 is 93.3 Å². The Morgan fingerprint density at radius 3 is 2.17 bits per heavy atom. The summed E-state index contributed by atoms with van der Waals surface area (Å²) in [6.45, 7) is 6.47. The van der Waals surface area contributed by atoms with Crippen LogP contribution < -0.4 is 9.47 Å². The van der Waals surface area contributed by atoms with E-state index in [0.29, 0.717) is 0 Å². The van der Waals surface area contributed by atoms with Crippen LogP contribution in [0.5, 0.6) is 17.2 Å². The van der Waals surface area contributed by atoms with Gasteiger partial charge in [0.2, 0.25) is 11.9 Å². The minimum absolute atomic E-state index is 0.00583. The number of methoxy groups -OCH3 is 3. The lowest BCUT2D eigenvalue weighted by atomic mass is 9.77. The number of fused-ring (bicyclic) bond motifs is 5. The zero-order valence-electron chi connectivity index (χ0n) is 36.6. The van der Waals surface area contributed by atoms with Gasteiger partial charge in [-0.05, 0) is 46.2 Å². The first-order valence-electron chi connectivity index (χ1n) is 20.6. The largest absolute Gasteiger partial charge is 0.506 e. The van der Waals surface area contributed by atoms with Crippen LogP contribution in [0.2, 0.25) is 0 Å². The molecular formula is C42H56O22. The van der Waals surface area contributed by atoms with Crippen molar-refractivity contribution in [1.82, 2.24) is 0 Å². The summed E-state index contributed by atoms with van der Waals surface area (Å²) in [4.78, 5) is 38.4. The van der Waals surface area contributed by atoms with Crippen LogP contribution in [0.15, 0.2) is 6.07 Å². The number of rotatable bonds is 11. The Morgan fingerprint density at radius 2 is 1.62 bits per heavy atom. The first-order valence-corrected chi connectivity index (χ1v) is 20.6. The summed E-state index contributed by atoms with van der Waals surface area (Å²) in [6, 6.07) is 1.46. The lowest BCUT2D eigenvalue weighted by Gasteiger charge is -2.51. The number of ketones is 2. The fraction of sp³-hybridized carbons (Fsp3) is 0.690. The topological polar surface area (TPSA) is 326 Å². The highest BCUT2D eigenvalue weighted by molar-refractivity contribution is 6.13. The molecule has 4 heterocycles. The van der Waals surface area contributed by atoms with Crippen molar-refractivity contribution in [3.05, 3.63) is 28.3 Å². The molecule has 2 aromatic rings. The number of esters is 1. The van der Waals surface area contributed by atoms with E-state index >= 15 is 0 Å². The third-order valence-corrected chi connectivity index (χ3v) is 13.3. The minimum atomic E-state index is -3.27. The maximum Gasteiger partial charge on any atom is 0.303 e. The van der Waals surface area contributed by atoms with Gasteiger partial charge in [0, 0.05) is 56.9 Å². The lowest BCUT2D eigenvalue weighted by Crippen LogP contribution is -2.75. The first kappa shape index (κ1) is 48.2. The quantitative estimate of drug-likeness (QED) is 0.0971. The van der Waals surface area contributed by atoms with E-state index in [0.717, 1.165) is 21.1 Å². The van der Waals surface area contributed by atoms with E-state index in [-0.39, 0.29) is 46.1 Å². The van der Waals surface area contributed by atoms with E-state index in [2.05, 4.69) is 0 Å². The molecule has 0 bridgehead atoms. The predicted molar refractivity (Wildman–Crippen MR) is 210 cm³/mol. The normalized spacial score (nSPS) is 40.7. The Labute approximate surface area is 366 Å². The highest BCUT2D eigenvalue weighted by Gasteiger charge is 2.82. The van der Waals surface area contributed by atoms with Gasteiger partial charge in [-0.3, -0.25) is 14.4 Å². The zero-order valence-corrected chi connectivity index (χ0v) is 36.6. The number of aryl methyl sites for hydroxylation is 1. The summed E-state index contributed by atoms with van der Waals surface area (Å²) in [5.41, 5.74) is -7.87. The van der Waals surface area contributed by atoms with Gasteiger partial charge in [-0.2, -0.15) is 0 Å².